The predicted molar refractivity (Wildman–Crippen MR) is 87.2 cm³/mol. The van der Waals surface area contributed by atoms with E-state index in [0.717, 1.165) is 58.4 Å². The van der Waals surface area contributed by atoms with Gasteiger partial charge in [0.25, 0.3) is 0 Å². The molecule has 1 aromatic rings. The van der Waals surface area contributed by atoms with Gasteiger partial charge in [0.2, 0.25) is 5.91 Å². The summed E-state index contributed by atoms with van der Waals surface area (Å²) in [6, 6.07) is 4.11. The molecule has 118 valence electrons. The van der Waals surface area contributed by atoms with Crippen LogP contribution in [-0.4, -0.2) is 46.9 Å². The topological polar surface area (TPSA) is 36.4 Å². The lowest BCUT2D eigenvalue weighted by atomic mass is 9.93. The lowest BCUT2D eigenvalue weighted by molar-refractivity contribution is -0.135. The molecule has 22 heavy (non-hydrogen) atoms. The van der Waals surface area contributed by atoms with Crippen LogP contribution in [-0.2, 0) is 11.3 Å². The number of allylic oxidation sites excluding steroid dienone is 2. The molecular weight excluding hydrogens is 274 g/mol. The summed E-state index contributed by atoms with van der Waals surface area (Å²) in [6.45, 7) is 4.72. The first-order valence-corrected chi connectivity index (χ1v) is 8.38. The molecule has 1 aromatic heterocycles. The highest BCUT2D eigenvalue weighted by Crippen LogP contribution is 2.21. The number of hydrogen-bond donors (Lipinski definition) is 0. The Morgan fingerprint density at radius 3 is 2.95 bits per heavy atom. The van der Waals surface area contributed by atoms with E-state index in [0.29, 0.717) is 5.91 Å². The fourth-order valence-electron chi connectivity index (χ4n) is 3.38. The third kappa shape index (κ3) is 3.95. The van der Waals surface area contributed by atoms with E-state index in [2.05, 4.69) is 33.0 Å². The van der Waals surface area contributed by atoms with Gasteiger partial charge in [-0.15, -0.1) is 0 Å². The van der Waals surface area contributed by atoms with Crippen molar-refractivity contribution in [1.29, 1.82) is 0 Å². The lowest BCUT2D eigenvalue weighted by Gasteiger charge is -2.27. The number of carbonyl (C=O) groups excluding carboxylic acids is 1. The van der Waals surface area contributed by atoms with Crippen LogP contribution in [0.25, 0.3) is 0 Å². The highest BCUT2D eigenvalue weighted by atomic mass is 16.2. The van der Waals surface area contributed by atoms with Gasteiger partial charge in [0.05, 0.1) is 0 Å². The van der Waals surface area contributed by atoms with E-state index in [9.17, 15) is 4.79 Å². The maximum absolute atomic E-state index is 12.6. The Labute approximate surface area is 132 Å². The number of nitrogens with zero attached hydrogens (tertiary/aromatic N) is 3. The normalized spacial score (nSPS) is 23.3. The molecule has 4 heteroatoms. The van der Waals surface area contributed by atoms with Gasteiger partial charge in [-0.1, -0.05) is 18.2 Å². The van der Waals surface area contributed by atoms with E-state index in [-0.39, 0.29) is 5.92 Å². The van der Waals surface area contributed by atoms with Gasteiger partial charge in [-0.25, -0.2) is 0 Å². The van der Waals surface area contributed by atoms with E-state index in [1.807, 2.05) is 18.5 Å². The molecule has 1 aliphatic carbocycles. The number of pyridine rings is 1. The quantitative estimate of drug-likeness (QED) is 0.805. The molecule has 3 rings (SSSR count). The van der Waals surface area contributed by atoms with Gasteiger partial charge >= 0.3 is 0 Å². The van der Waals surface area contributed by atoms with Crippen LogP contribution in [0.15, 0.2) is 36.7 Å². The molecule has 0 aromatic carbocycles. The molecular formula is C18H25N3O. The summed E-state index contributed by atoms with van der Waals surface area (Å²) in [5.74, 6) is 0.586. The SMILES string of the molecule is O=C(C1CC=CCC1)N1CCCN(Cc2cccnc2)CC1. The largest absolute Gasteiger partial charge is 0.341 e. The molecule has 1 amide bonds. The highest BCUT2D eigenvalue weighted by molar-refractivity contribution is 5.79. The van der Waals surface area contributed by atoms with E-state index in [1.165, 1.54) is 5.56 Å². The Morgan fingerprint density at radius 1 is 1.23 bits per heavy atom. The Morgan fingerprint density at radius 2 is 2.18 bits per heavy atom. The molecule has 4 nitrogen and oxygen atoms in total. The summed E-state index contributed by atoms with van der Waals surface area (Å²) in [5, 5.41) is 0. The molecule has 1 fully saturated rings. The van der Waals surface area contributed by atoms with Crippen LogP contribution < -0.4 is 0 Å². The van der Waals surface area contributed by atoms with Crippen molar-refractivity contribution in [3.05, 3.63) is 42.2 Å². The first-order valence-electron chi connectivity index (χ1n) is 8.38. The minimum atomic E-state index is 0.217. The smallest absolute Gasteiger partial charge is 0.226 e. The molecule has 1 saturated heterocycles. The monoisotopic (exact) mass is 299 g/mol. The Hall–Kier alpha value is -1.68. The van der Waals surface area contributed by atoms with Crippen molar-refractivity contribution in [3.8, 4) is 0 Å². The molecule has 1 aliphatic heterocycles. The van der Waals surface area contributed by atoms with Crippen LogP contribution in [0.3, 0.4) is 0 Å². The second-order valence-electron chi connectivity index (χ2n) is 6.30. The Bertz CT molecular complexity index is 514. The summed E-state index contributed by atoms with van der Waals surface area (Å²) >= 11 is 0. The van der Waals surface area contributed by atoms with E-state index in [4.69, 9.17) is 0 Å². The molecule has 1 unspecified atom stereocenters. The van der Waals surface area contributed by atoms with Crippen LogP contribution in [0, 0.1) is 5.92 Å². The first-order chi connectivity index (χ1) is 10.8. The van der Waals surface area contributed by atoms with Crippen LogP contribution in [0.1, 0.15) is 31.2 Å². The molecule has 0 saturated carbocycles. The standard InChI is InChI=1S/C18H25N3O/c22-18(17-7-2-1-3-8-17)21-11-5-10-20(12-13-21)15-16-6-4-9-19-14-16/h1-2,4,6,9,14,17H,3,5,7-8,10-13,15H2. The third-order valence-corrected chi connectivity index (χ3v) is 4.65. The van der Waals surface area contributed by atoms with Gasteiger partial charge in [-0.05, 0) is 37.3 Å². The number of hydrogen-bond acceptors (Lipinski definition) is 3. The zero-order valence-electron chi connectivity index (χ0n) is 13.2. The summed E-state index contributed by atoms with van der Waals surface area (Å²) in [6.07, 6.45) is 12.2. The summed E-state index contributed by atoms with van der Waals surface area (Å²) in [4.78, 5) is 21.3. The van der Waals surface area contributed by atoms with Crippen LogP contribution in [0.5, 0.6) is 0 Å². The maximum Gasteiger partial charge on any atom is 0.226 e. The average Bonchev–Trinajstić information content (AvgIpc) is 2.82. The minimum Gasteiger partial charge on any atom is -0.341 e. The first kappa shape index (κ1) is 15.2. The molecule has 1 atom stereocenters. The van der Waals surface area contributed by atoms with E-state index in [1.54, 1.807) is 0 Å². The molecule has 0 radical (unpaired) electrons. The van der Waals surface area contributed by atoms with E-state index < -0.39 is 0 Å². The van der Waals surface area contributed by atoms with Crippen LogP contribution in [0.4, 0.5) is 0 Å². The Kier molecular flexibility index (Phi) is 5.22. The zero-order chi connectivity index (χ0) is 15.2. The maximum atomic E-state index is 12.6. The zero-order valence-corrected chi connectivity index (χ0v) is 13.2. The lowest BCUT2D eigenvalue weighted by Crippen LogP contribution is -2.39. The summed E-state index contributed by atoms with van der Waals surface area (Å²) in [5.41, 5.74) is 1.25. The van der Waals surface area contributed by atoms with E-state index >= 15 is 0 Å². The van der Waals surface area contributed by atoms with Gasteiger partial charge < -0.3 is 4.90 Å². The summed E-state index contributed by atoms with van der Waals surface area (Å²) in [7, 11) is 0. The fourth-order valence-corrected chi connectivity index (χ4v) is 3.38. The molecule has 2 heterocycles. The van der Waals surface area contributed by atoms with Crippen molar-refractivity contribution >= 4 is 5.91 Å². The van der Waals surface area contributed by atoms with Gasteiger partial charge in [-0.3, -0.25) is 14.7 Å². The van der Waals surface area contributed by atoms with Crippen molar-refractivity contribution in [2.45, 2.75) is 32.2 Å². The average molecular weight is 299 g/mol. The van der Waals surface area contributed by atoms with Crippen molar-refractivity contribution in [2.24, 2.45) is 5.92 Å². The van der Waals surface area contributed by atoms with Gasteiger partial charge in [-0.2, -0.15) is 0 Å². The van der Waals surface area contributed by atoms with Crippen molar-refractivity contribution < 1.29 is 4.79 Å². The second kappa shape index (κ2) is 7.54. The Balaban J connectivity index is 1.53. The summed E-state index contributed by atoms with van der Waals surface area (Å²) < 4.78 is 0. The molecule has 0 N–H and O–H groups in total. The van der Waals surface area contributed by atoms with Crippen molar-refractivity contribution in [2.75, 3.05) is 26.2 Å². The molecule has 2 aliphatic rings. The highest BCUT2D eigenvalue weighted by Gasteiger charge is 2.26. The number of carbonyl (C=O) groups is 1. The third-order valence-electron chi connectivity index (χ3n) is 4.65. The number of amides is 1. The van der Waals surface area contributed by atoms with Gasteiger partial charge in [0.15, 0.2) is 0 Å². The minimum absolute atomic E-state index is 0.217. The second-order valence-corrected chi connectivity index (χ2v) is 6.30. The van der Waals surface area contributed by atoms with Crippen molar-refractivity contribution in [3.63, 3.8) is 0 Å². The predicted octanol–water partition coefficient (Wildman–Crippen LogP) is 2.47. The van der Waals surface area contributed by atoms with Gasteiger partial charge in [0.1, 0.15) is 0 Å². The van der Waals surface area contributed by atoms with Crippen molar-refractivity contribution in [1.82, 2.24) is 14.8 Å². The van der Waals surface area contributed by atoms with Crippen LogP contribution >= 0.6 is 0 Å². The van der Waals surface area contributed by atoms with Gasteiger partial charge in [0, 0.05) is 51.0 Å². The fraction of sp³-hybridized carbons (Fsp3) is 0.556. The number of rotatable bonds is 3. The molecule has 0 spiro atoms. The van der Waals surface area contributed by atoms with Crippen LogP contribution in [0.2, 0.25) is 0 Å². The molecule has 0 bridgehead atoms. The number of aromatic nitrogens is 1.